The summed E-state index contributed by atoms with van der Waals surface area (Å²) in [6, 6.07) is 1.72. The van der Waals surface area contributed by atoms with Crippen LogP contribution in [0.1, 0.15) is 10.4 Å². The van der Waals surface area contributed by atoms with Crippen LogP contribution in [0.2, 0.25) is 0 Å². The van der Waals surface area contributed by atoms with Gasteiger partial charge in [-0.05, 0) is 28.1 Å². The molecule has 6 nitrogen and oxygen atoms in total. The van der Waals surface area contributed by atoms with E-state index in [2.05, 4.69) is 26.2 Å². The minimum absolute atomic E-state index is 0.210. The number of rotatable bonds is 4. The molecule has 1 unspecified atom stereocenters. The van der Waals surface area contributed by atoms with Gasteiger partial charge in [-0.15, -0.1) is 0 Å². The van der Waals surface area contributed by atoms with E-state index >= 15 is 0 Å². The number of amides is 1. The highest BCUT2D eigenvalue weighted by atomic mass is 79.9. The normalized spacial score (nSPS) is 11.9. The van der Waals surface area contributed by atoms with E-state index < -0.39 is 24.5 Å². The number of nitrogens with one attached hydrogen (secondary N) is 1. The fourth-order valence-electron chi connectivity index (χ4n) is 0.977. The van der Waals surface area contributed by atoms with Gasteiger partial charge in [0.05, 0.1) is 12.2 Å². The van der Waals surface area contributed by atoms with E-state index in [0.29, 0.717) is 4.60 Å². The first kappa shape index (κ1) is 12.6. The number of aliphatic carboxylic acids is 1. The predicted molar refractivity (Wildman–Crippen MR) is 57.9 cm³/mol. The van der Waals surface area contributed by atoms with E-state index in [0.717, 1.165) is 0 Å². The van der Waals surface area contributed by atoms with Crippen molar-refractivity contribution in [2.45, 2.75) is 6.04 Å². The Hall–Kier alpha value is -1.47. The van der Waals surface area contributed by atoms with Gasteiger partial charge in [0.15, 0.2) is 6.04 Å². The molecule has 1 atom stereocenters. The second-order valence-corrected chi connectivity index (χ2v) is 3.64. The lowest BCUT2D eigenvalue weighted by Gasteiger charge is -2.11. The standard InChI is InChI=1S/C9H9BrN2O4/c10-7-5(2-1-3-11-7)8(14)12-6(4-13)9(15)16/h1-3,6,13H,4H2,(H,12,14)(H,15,16). The van der Waals surface area contributed by atoms with Crippen molar-refractivity contribution in [3.63, 3.8) is 0 Å². The molecule has 1 aromatic rings. The van der Waals surface area contributed by atoms with Gasteiger partial charge in [0.25, 0.3) is 5.91 Å². The number of carbonyl (C=O) groups is 2. The summed E-state index contributed by atoms with van der Waals surface area (Å²) in [7, 11) is 0. The second-order valence-electron chi connectivity index (χ2n) is 2.89. The van der Waals surface area contributed by atoms with Gasteiger partial charge in [-0.1, -0.05) is 0 Å². The van der Waals surface area contributed by atoms with Gasteiger partial charge in [-0.2, -0.15) is 0 Å². The zero-order valence-corrected chi connectivity index (χ0v) is 9.64. The van der Waals surface area contributed by atoms with Gasteiger partial charge >= 0.3 is 5.97 Å². The molecule has 0 saturated heterocycles. The number of hydrogen-bond acceptors (Lipinski definition) is 4. The van der Waals surface area contributed by atoms with Crippen LogP contribution in [0.25, 0.3) is 0 Å². The summed E-state index contributed by atoms with van der Waals surface area (Å²) in [5.41, 5.74) is 0.210. The molecule has 0 saturated carbocycles. The first-order chi connectivity index (χ1) is 7.56. The first-order valence-corrected chi connectivity index (χ1v) is 5.10. The van der Waals surface area contributed by atoms with Crippen LogP contribution in [0.5, 0.6) is 0 Å². The SMILES string of the molecule is O=C(NC(CO)C(=O)O)c1cccnc1Br. The second kappa shape index (κ2) is 5.57. The number of carboxylic acids is 1. The molecule has 0 aliphatic carbocycles. The summed E-state index contributed by atoms with van der Waals surface area (Å²) in [5, 5.41) is 19.5. The van der Waals surface area contributed by atoms with Crippen molar-refractivity contribution >= 4 is 27.8 Å². The van der Waals surface area contributed by atoms with Gasteiger partial charge in [-0.3, -0.25) is 4.79 Å². The van der Waals surface area contributed by atoms with E-state index in [1.807, 2.05) is 0 Å². The zero-order valence-electron chi connectivity index (χ0n) is 8.05. The number of aliphatic hydroxyl groups is 1. The molecule has 0 fully saturated rings. The zero-order chi connectivity index (χ0) is 12.1. The fourth-order valence-corrected chi connectivity index (χ4v) is 1.41. The Balaban J connectivity index is 2.80. The summed E-state index contributed by atoms with van der Waals surface area (Å²) in [5.74, 6) is -1.91. The smallest absolute Gasteiger partial charge is 0.328 e. The largest absolute Gasteiger partial charge is 0.480 e. The van der Waals surface area contributed by atoms with Gasteiger partial charge in [0.2, 0.25) is 0 Å². The Bertz CT molecular complexity index is 410. The van der Waals surface area contributed by atoms with E-state index in [1.165, 1.54) is 12.3 Å². The molecule has 1 rings (SSSR count). The highest BCUT2D eigenvalue weighted by molar-refractivity contribution is 9.10. The van der Waals surface area contributed by atoms with Gasteiger partial charge < -0.3 is 15.5 Å². The summed E-state index contributed by atoms with van der Waals surface area (Å²) in [4.78, 5) is 26.0. The quantitative estimate of drug-likeness (QED) is 0.679. The average molecular weight is 289 g/mol. The summed E-state index contributed by atoms with van der Waals surface area (Å²) >= 11 is 3.06. The molecule has 16 heavy (non-hydrogen) atoms. The molecule has 3 N–H and O–H groups in total. The van der Waals surface area contributed by atoms with Gasteiger partial charge in [0.1, 0.15) is 4.60 Å². The number of hydrogen-bond donors (Lipinski definition) is 3. The minimum atomic E-state index is -1.32. The molecule has 7 heteroatoms. The van der Waals surface area contributed by atoms with Crippen LogP contribution >= 0.6 is 15.9 Å². The van der Waals surface area contributed by atoms with Gasteiger partial charge in [-0.25, -0.2) is 9.78 Å². The third-order valence-corrected chi connectivity index (χ3v) is 2.42. The van der Waals surface area contributed by atoms with E-state index in [4.69, 9.17) is 10.2 Å². The molecular formula is C9H9BrN2O4. The van der Waals surface area contributed by atoms with Crippen molar-refractivity contribution in [2.75, 3.05) is 6.61 Å². The molecule has 1 amide bonds. The highest BCUT2D eigenvalue weighted by Crippen LogP contribution is 2.12. The highest BCUT2D eigenvalue weighted by Gasteiger charge is 2.20. The monoisotopic (exact) mass is 288 g/mol. The summed E-state index contributed by atoms with van der Waals surface area (Å²) in [6.45, 7) is -0.668. The molecule has 0 radical (unpaired) electrons. The van der Waals surface area contributed by atoms with E-state index in [-0.39, 0.29) is 5.56 Å². The Morgan fingerprint density at radius 3 is 2.75 bits per heavy atom. The van der Waals surface area contributed by atoms with Crippen molar-refractivity contribution in [2.24, 2.45) is 0 Å². The lowest BCUT2D eigenvalue weighted by Crippen LogP contribution is -2.43. The van der Waals surface area contributed by atoms with Crippen molar-refractivity contribution < 1.29 is 19.8 Å². The van der Waals surface area contributed by atoms with Crippen LogP contribution in [0.4, 0.5) is 0 Å². The Kier molecular flexibility index (Phi) is 4.39. The molecular weight excluding hydrogens is 280 g/mol. The van der Waals surface area contributed by atoms with Crippen LogP contribution in [-0.4, -0.2) is 39.7 Å². The molecule has 0 aliphatic rings. The van der Waals surface area contributed by atoms with Crippen LogP contribution in [0.3, 0.4) is 0 Å². The Morgan fingerprint density at radius 1 is 1.56 bits per heavy atom. The van der Waals surface area contributed by atoms with Crippen LogP contribution < -0.4 is 5.32 Å². The number of pyridine rings is 1. The van der Waals surface area contributed by atoms with Crippen molar-refractivity contribution in [1.82, 2.24) is 10.3 Å². The lowest BCUT2D eigenvalue weighted by molar-refractivity contribution is -0.140. The van der Waals surface area contributed by atoms with Crippen molar-refractivity contribution in [3.8, 4) is 0 Å². The summed E-state index contributed by atoms with van der Waals surface area (Å²) < 4.78 is 0.314. The van der Waals surface area contributed by atoms with Crippen LogP contribution in [-0.2, 0) is 4.79 Å². The number of aliphatic hydroxyl groups excluding tert-OH is 1. The predicted octanol–water partition coefficient (Wildman–Crippen LogP) is 0.0194. The fraction of sp³-hybridized carbons (Fsp3) is 0.222. The number of aromatic nitrogens is 1. The minimum Gasteiger partial charge on any atom is -0.480 e. The Labute approximate surface area is 99.4 Å². The molecule has 0 bridgehead atoms. The maximum absolute atomic E-state index is 11.6. The summed E-state index contributed by atoms with van der Waals surface area (Å²) in [6.07, 6.45) is 1.49. The van der Waals surface area contributed by atoms with Crippen molar-refractivity contribution in [1.29, 1.82) is 0 Å². The third-order valence-electron chi connectivity index (χ3n) is 1.79. The number of carboxylic acid groups (broad SMARTS) is 1. The topological polar surface area (TPSA) is 99.5 Å². The van der Waals surface area contributed by atoms with Crippen LogP contribution in [0.15, 0.2) is 22.9 Å². The average Bonchev–Trinajstić information content (AvgIpc) is 2.25. The molecule has 0 spiro atoms. The molecule has 1 aromatic heterocycles. The molecule has 0 aromatic carbocycles. The first-order valence-electron chi connectivity index (χ1n) is 4.31. The third kappa shape index (κ3) is 3.01. The molecule has 86 valence electrons. The van der Waals surface area contributed by atoms with E-state index in [1.54, 1.807) is 6.07 Å². The van der Waals surface area contributed by atoms with Crippen LogP contribution in [0, 0.1) is 0 Å². The number of nitrogens with zero attached hydrogens (tertiary/aromatic N) is 1. The molecule has 1 heterocycles. The van der Waals surface area contributed by atoms with E-state index in [9.17, 15) is 9.59 Å². The number of carbonyl (C=O) groups excluding carboxylic acids is 1. The maximum atomic E-state index is 11.6. The maximum Gasteiger partial charge on any atom is 0.328 e. The van der Waals surface area contributed by atoms with Gasteiger partial charge in [0, 0.05) is 6.20 Å². The van der Waals surface area contributed by atoms with Crippen molar-refractivity contribution in [3.05, 3.63) is 28.5 Å². The molecule has 0 aliphatic heterocycles. The lowest BCUT2D eigenvalue weighted by atomic mass is 10.2. The Morgan fingerprint density at radius 2 is 2.25 bits per heavy atom. The number of halogens is 1.